The predicted octanol–water partition coefficient (Wildman–Crippen LogP) is 3.54. The van der Waals surface area contributed by atoms with Crippen LogP contribution in [0.2, 0.25) is 0 Å². The van der Waals surface area contributed by atoms with Crippen molar-refractivity contribution < 1.29 is 14.3 Å². The minimum Gasteiger partial charge on any atom is -0.376 e. The lowest BCUT2D eigenvalue weighted by Crippen LogP contribution is -2.45. The molecule has 0 aliphatic heterocycles. The molecule has 2 aliphatic carbocycles. The number of thiazole rings is 1. The van der Waals surface area contributed by atoms with Crippen LogP contribution in [-0.2, 0) is 22.4 Å². The van der Waals surface area contributed by atoms with Gasteiger partial charge in [-0.15, -0.1) is 11.3 Å². The number of anilines is 1. The summed E-state index contributed by atoms with van der Waals surface area (Å²) >= 11 is 1.50. The number of carbonyl (C=O) groups excluding carboxylic acids is 2. The number of hydrogen-bond acceptors (Lipinski definition) is 6. The van der Waals surface area contributed by atoms with E-state index in [0.717, 1.165) is 61.9 Å². The Morgan fingerprint density at radius 2 is 2.04 bits per heavy atom. The van der Waals surface area contributed by atoms with Gasteiger partial charge in [0, 0.05) is 23.9 Å². The Balaban J connectivity index is 1.63. The van der Waals surface area contributed by atoms with Gasteiger partial charge in [-0.2, -0.15) is 0 Å². The Morgan fingerprint density at radius 1 is 1.28 bits per heavy atom. The molecule has 138 valence electrons. The van der Waals surface area contributed by atoms with Crippen molar-refractivity contribution in [2.75, 3.05) is 12.3 Å². The number of nitrogens with zero attached hydrogens (tertiary/aromatic N) is 2. The van der Waals surface area contributed by atoms with Gasteiger partial charge in [0.1, 0.15) is 0 Å². The predicted molar refractivity (Wildman–Crippen MR) is 97.4 cm³/mol. The maximum Gasteiger partial charge on any atom is 0.417 e. The van der Waals surface area contributed by atoms with E-state index in [1.54, 1.807) is 4.90 Å². The zero-order valence-corrected chi connectivity index (χ0v) is 15.6. The van der Waals surface area contributed by atoms with Crippen LogP contribution in [0.25, 0.3) is 0 Å². The summed E-state index contributed by atoms with van der Waals surface area (Å²) in [6.07, 6.45) is 7.69. The lowest BCUT2D eigenvalue weighted by molar-refractivity contribution is -0.144. The van der Waals surface area contributed by atoms with E-state index in [1.807, 2.05) is 6.92 Å². The zero-order chi connectivity index (χ0) is 17.8. The quantitative estimate of drug-likeness (QED) is 0.651. The highest BCUT2D eigenvalue weighted by Crippen LogP contribution is 2.31. The van der Waals surface area contributed by atoms with Crippen LogP contribution < -0.4 is 5.73 Å². The third-order valence-corrected chi connectivity index (χ3v) is 6.15. The van der Waals surface area contributed by atoms with Crippen LogP contribution in [0, 0.1) is 5.92 Å². The van der Waals surface area contributed by atoms with Crippen LogP contribution in [0.4, 0.5) is 9.93 Å². The number of aryl methyl sites for hydroxylation is 1. The Bertz CT molecular complexity index is 625. The number of carbonyl (C=O) groups is 2. The SMILES string of the molecule is CCCN(C(=O)OC(=O)C1CCCCC1)[C@H]1CCc2nc(N)sc2C1. The number of nitrogen functional groups attached to an aromatic ring is 1. The normalized spacial score (nSPS) is 20.8. The molecule has 1 saturated carbocycles. The number of amides is 1. The van der Waals surface area contributed by atoms with Gasteiger partial charge in [-0.05, 0) is 32.1 Å². The summed E-state index contributed by atoms with van der Waals surface area (Å²) < 4.78 is 5.26. The second-order valence-corrected chi connectivity index (χ2v) is 8.15. The molecule has 0 aromatic carbocycles. The minimum atomic E-state index is -0.483. The average molecular weight is 365 g/mol. The number of rotatable bonds is 4. The number of hydrogen-bond donors (Lipinski definition) is 1. The molecule has 2 N–H and O–H groups in total. The smallest absolute Gasteiger partial charge is 0.376 e. The van der Waals surface area contributed by atoms with Gasteiger partial charge in [0.15, 0.2) is 5.13 Å². The van der Waals surface area contributed by atoms with Crippen molar-refractivity contribution in [1.29, 1.82) is 0 Å². The van der Waals surface area contributed by atoms with E-state index in [-0.39, 0.29) is 17.9 Å². The first-order chi connectivity index (χ1) is 12.1. The van der Waals surface area contributed by atoms with Gasteiger partial charge in [0.2, 0.25) is 0 Å². The zero-order valence-electron chi connectivity index (χ0n) is 14.8. The Labute approximate surface area is 152 Å². The Morgan fingerprint density at radius 3 is 2.76 bits per heavy atom. The van der Waals surface area contributed by atoms with E-state index < -0.39 is 6.09 Å². The number of nitrogens with two attached hydrogens (primary N) is 1. The molecule has 1 aromatic heterocycles. The van der Waals surface area contributed by atoms with Crippen LogP contribution in [0.15, 0.2) is 0 Å². The van der Waals surface area contributed by atoms with Crippen molar-refractivity contribution in [1.82, 2.24) is 9.88 Å². The largest absolute Gasteiger partial charge is 0.417 e. The van der Waals surface area contributed by atoms with Crippen molar-refractivity contribution in [2.24, 2.45) is 5.92 Å². The number of ether oxygens (including phenoxy) is 1. The fraction of sp³-hybridized carbons (Fsp3) is 0.722. The standard InChI is InChI=1S/C18H27N3O3S/c1-2-10-21(13-8-9-14-15(11-13)25-17(19)20-14)18(23)24-16(22)12-6-4-3-5-7-12/h12-13H,2-11H2,1H3,(H2,19,20)/t13-/m0/s1. The van der Waals surface area contributed by atoms with Crippen molar-refractivity contribution in [3.63, 3.8) is 0 Å². The average Bonchev–Trinajstić information content (AvgIpc) is 2.99. The monoisotopic (exact) mass is 365 g/mol. The lowest BCUT2D eigenvalue weighted by atomic mass is 9.89. The van der Waals surface area contributed by atoms with Crippen molar-refractivity contribution in [3.8, 4) is 0 Å². The maximum absolute atomic E-state index is 12.6. The molecule has 0 spiro atoms. The molecule has 0 unspecified atom stereocenters. The summed E-state index contributed by atoms with van der Waals surface area (Å²) in [4.78, 5) is 32.2. The summed E-state index contributed by atoms with van der Waals surface area (Å²) in [5, 5.41) is 0.586. The first-order valence-corrected chi connectivity index (χ1v) is 10.2. The van der Waals surface area contributed by atoms with Crippen LogP contribution >= 0.6 is 11.3 Å². The third kappa shape index (κ3) is 4.32. The van der Waals surface area contributed by atoms with Crippen molar-refractivity contribution in [3.05, 3.63) is 10.6 Å². The van der Waals surface area contributed by atoms with Crippen LogP contribution in [-0.4, -0.2) is 34.5 Å². The summed E-state index contributed by atoms with van der Waals surface area (Å²) in [7, 11) is 0. The second kappa shape index (κ2) is 8.17. The molecule has 0 radical (unpaired) electrons. The molecule has 1 fully saturated rings. The molecule has 0 bridgehead atoms. The van der Waals surface area contributed by atoms with Gasteiger partial charge in [-0.1, -0.05) is 26.2 Å². The van der Waals surface area contributed by atoms with Gasteiger partial charge in [0.25, 0.3) is 0 Å². The molecule has 1 aromatic rings. The highest BCUT2D eigenvalue weighted by atomic mass is 32.1. The summed E-state index contributed by atoms with van der Waals surface area (Å²) in [6, 6.07) is 0.0546. The van der Waals surface area contributed by atoms with Gasteiger partial charge < -0.3 is 15.4 Å². The van der Waals surface area contributed by atoms with Gasteiger partial charge >= 0.3 is 12.1 Å². The second-order valence-electron chi connectivity index (χ2n) is 7.03. The molecule has 2 aliphatic rings. The summed E-state index contributed by atoms with van der Waals surface area (Å²) in [5.74, 6) is -0.454. The molecule has 0 saturated heterocycles. The molecular weight excluding hydrogens is 338 g/mol. The van der Waals surface area contributed by atoms with Crippen LogP contribution in [0.3, 0.4) is 0 Å². The lowest BCUT2D eigenvalue weighted by Gasteiger charge is -2.33. The maximum atomic E-state index is 12.6. The molecular formula is C18H27N3O3S. The highest BCUT2D eigenvalue weighted by molar-refractivity contribution is 7.15. The molecule has 7 heteroatoms. The molecule has 1 atom stereocenters. The number of esters is 1. The topological polar surface area (TPSA) is 85.5 Å². The van der Waals surface area contributed by atoms with Crippen molar-refractivity contribution >= 4 is 28.5 Å². The van der Waals surface area contributed by atoms with Gasteiger partial charge in [-0.25, -0.2) is 9.78 Å². The molecule has 3 rings (SSSR count). The van der Waals surface area contributed by atoms with E-state index in [2.05, 4.69) is 4.98 Å². The van der Waals surface area contributed by atoms with E-state index in [9.17, 15) is 9.59 Å². The summed E-state index contributed by atoms with van der Waals surface area (Å²) in [5.41, 5.74) is 6.86. The van der Waals surface area contributed by atoms with E-state index in [0.29, 0.717) is 11.7 Å². The van der Waals surface area contributed by atoms with E-state index in [4.69, 9.17) is 10.5 Å². The van der Waals surface area contributed by atoms with Crippen LogP contribution in [0.5, 0.6) is 0 Å². The Hall–Kier alpha value is -1.63. The first kappa shape index (κ1) is 18.2. The highest BCUT2D eigenvalue weighted by Gasteiger charge is 2.32. The molecule has 1 amide bonds. The Kier molecular flexibility index (Phi) is 5.93. The number of aromatic nitrogens is 1. The fourth-order valence-corrected chi connectivity index (χ4v) is 4.82. The van der Waals surface area contributed by atoms with Crippen molar-refractivity contribution in [2.45, 2.75) is 70.8 Å². The minimum absolute atomic E-state index is 0.0546. The first-order valence-electron chi connectivity index (χ1n) is 9.34. The van der Waals surface area contributed by atoms with Gasteiger partial charge in [0.05, 0.1) is 11.6 Å². The van der Waals surface area contributed by atoms with E-state index >= 15 is 0 Å². The van der Waals surface area contributed by atoms with E-state index in [1.165, 1.54) is 17.8 Å². The third-order valence-electron chi connectivity index (χ3n) is 5.20. The molecule has 1 heterocycles. The number of fused-ring (bicyclic) bond motifs is 1. The fourth-order valence-electron chi connectivity index (χ4n) is 3.87. The van der Waals surface area contributed by atoms with Gasteiger partial charge in [-0.3, -0.25) is 4.79 Å². The molecule has 6 nitrogen and oxygen atoms in total. The molecule has 25 heavy (non-hydrogen) atoms. The van der Waals surface area contributed by atoms with Crippen LogP contribution in [0.1, 0.15) is 62.4 Å². The summed E-state index contributed by atoms with van der Waals surface area (Å²) in [6.45, 7) is 2.63.